The summed E-state index contributed by atoms with van der Waals surface area (Å²) in [6, 6.07) is 5.42. The SMILES string of the molecule is CC(C)(C)OC(=O)[C@H](C[C@@H]1CCCCC1=O)N1C(=O)c2ccccc2C1=O. The van der Waals surface area contributed by atoms with Gasteiger partial charge in [-0.2, -0.15) is 0 Å². The normalized spacial score (nSPS) is 21.2. The lowest BCUT2D eigenvalue weighted by Crippen LogP contribution is -2.49. The fourth-order valence-corrected chi connectivity index (χ4v) is 3.74. The molecule has 1 aliphatic carbocycles. The molecular formula is C21H25NO5. The summed E-state index contributed by atoms with van der Waals surface area (Å²) in [6.07, 6.45) is 3.02. The zero-order valence-electron chi connectivity index (χ0n) is 16.0. The van der Waals surface area contributed by atoms with Crippen LogP contribution in [0.4, 0.5) is 0 Å². The van der Waals surface area contributed by atoms with E-state index in [1.165, 1.54) is 0 Å². The van der Waals surface area contributed by atoms with Gasteiger partial charge in [-0.05, 0) is 52.2 Å². The van der Waals surface area contributed by atoms with Gasteiger partial charge < -0.3 is 4.74 Å². The van der Waals surface area contributed by atoms with E-state index in [0.717, 1.165) is 17.7 Å². The number of imide groups is 1. The Kier molecular flexibility index (Phi) is 5.18. The number of nitrogens with zero attached hydrogens (tertiary/aromatic N) is 1. The molecule has 0 saturated heterocycles. The van der Waals surface area contributed by atoms with Gasteiger partial charge in [0.2, 0.25) is 0 Å². The Morgan fingerprint density at radius 1 is 1.11 bits per heavy atom. The van der Waals surface area contributed by atoms with Crippen LogP contribution in [0, 0.1) is 5.92 Å². The van der Waals surface area contributed by atoms with E-state index in [1.54, 1.807) is 45.0 Å². The van der Waals surface area contributed by atoms with Crippen molar-refractivity contribution in [3.63, 3.8) is 0 Å². The predicted octanol–water partition coefficient (Wildman–Crippen LogP) is 3.14. The van der Waals surface area contributed by atoms with Crippen molar-refractivity contribution < 1.29 is 23.9 Å². The van der Waals surface area contributed by atoms with E-state index in [0.29, 0.717) is 12.8 Å². The summed E-state index contributed by atoms with van der Waals surface area (Å²) in [4.78, 5) is 51.9. The van der Waals surface area contributed by atoms with Crippen LogP contribution in [0.25, 0.3) is 0 Å². The largest absolute Gasteiger partial charge is 0.458 e. The Bertz CT molecular complexity index is 757. The number of ether oxygens (including phenoxy) is 1. The molecule has 1 aromatic rings. The molecule has 3 rings (SSSR count). The molecule has 0 spiro atoms. The molecule has 1 heterocycles. The van der Waals surface area contributed by atoms with Gasteiger partial charge in [0.05, 0.1) is 11.1 Å². The Morgan fingerprint density at radius 3 is 2.22 bits per heavy atom. The zero-order valence-corrected chi connectivity index (χ0v) is 16.0. The molecule has 1 fully saturated rings. The Morgan fingerprint density at radius 2 is 1.70 bits per heavy atom. The van der Waals surface area contributed by atoms with Crippen molar-refractivity contribution in [2.75, 3.05) is 0 Å². The monoisotopic (exact) mass is 371 g/mol. The number of hydrogen-bond acceptors (Lipinski definition) is 5. The first-order valence-corrected chi connectivity index (χ1v) is 9.41. The third-order valence-corrected chi connectivity index (χ3v) is 5.00. The lowest BCUT2D eigenvalue weighted by Gasteiger charge is -2.31. The van der Waals surface area contributed by atoms with Crippen molar-refractivity contribution in [1.29, 1.82) is 0 Å². The average Bonchev–Trinajstić information content (AvgIpc) is 2.84. The number of rotatable bonds is 4. The van der Waals surface area contributed by atoms with Crippen molar-refractivity contribution in [3.05, 3.63) is 35.4 Å². The molecule has 2 atom stereocenters. The maximum absolute atomic E-state index is 12.9. The lowest BCUT2D eigenvalue weighted by atomic mass is 9.83. The number of amides is 2. The molecule has 1 aromatic carbocycles. The minimum absolute atomic E-state index is 0.0893. The third-order valence-electron chi connectivity index (χ3n) is 5.00. The van der Waals surface area contributed by atoms with Gasteiger partial charge in [-0.25, -0.2) is 4.79 Å². The van der Waals surface area contributed by atoms with Crippen LogP contribution < -0.4 is 0 Å². The first-order valence-electron chi connectivity index (χ1n) is 9.41. The predicted molar refractivity (Wildman–Crippen MR) is 98.2 cm³/mol. The third kappa shape index (κ3) is 3.94. The number of benzene rings is 1. The van der Waals surface area contributed by atoms with Gasteiger partial charge in [-0.15, -0.1) is 0 Å². The highest BCUT2D eigenvalue weighted by Gasteiger charge is 2.45. The van der Waals surface area contributed by atoms with Gasteiger partial charge in [0, 0.05) is 12.3 Å². The van der Waals surface area contributed by atoms with Crippen molar-refractivity contribution in [2.24, 2.45) is 5.92 Å². The number of Topliss-reactive ketones (excluding diaryl/α,β-unsaturated/α-hetero) is 1. The fraction of sp³-hybridized carbons (Fsp3) is 0.524. The fourth-order valence-electron chi connectivity index (χ4n) is 3.74. The summed E-state index contributed by atoms with van der Waals surface area (Å²) in [7, 11) is 0. The Balaban J connectivity index is 1.92. The van der Waals surface area contributed by atoms with E-state index in [-0.39, 0.29) is 29.2 Å². The molecule has 0 radical (unpaired) electrons. The number of carbonyl (C=O) groups excluding carboxylic acids is 4. The molecule has 2 aliphatic rings. The molecule has 2 amide bonds. The Labute approximate surface area is 158 Å². The van der Waals surface area contributed by atoms with Crippen molar-refractivity contribution in [1.82, 2.24) is 4.90 Å². The summed E-state index contributed by atoms with van der Waals surface area (Å²) in [5.41, 5.74) is -0.193. The highest BCUT2D eigenvalue weighted by molar-refractivity contribution is 6.22. The van der Waals surface area contributed by atoms with E-state index in [4.69, 9.17) is 4.74 Å². The number of carbonyl (C=O) groups is 4. The average molecular weight is 371 g/mol. The number of esters is 1. The van der Waals surface area contributed by atoms with Gasteiger partial charge in [0.15, 0.2) is 0 Å². The molecule has 0 unspecified atom stereocenters. The van der Waals surface area contributed by atoms with Crippen LogP contribution >= 0.6 is 0 Å². The molecule has 27 heavy (non-hydrogen) atoms. The molecule has 1 aliphatic heterocycles. The second-order valence-electron chi connectivity index (χ2n) is 8.22. The van der Waals surface area contributed by atoms with Crippen LogP contribution in [0.1, 0.15) is 73.6 Å². The van der Waals surface area contributed by atoms with Crippen LogP contribution in [-0.4, -0.2) is 40.1 Å². The summed E-state index contributed by atoms with van der Waals surface area (Å²) >= 11 is 0. The van der Waals surface area contributed by atoms with E-state index in [9.17, 15) is 19.2 Å². The van der Waals surface area contributed by atoms with E-state index in [2.05, 4.69) is 0 Å². The van der Waals surface area contributed by atoms with Gasteiger partial charge in [0.25, 0.3) is 11.8 Å². The number of hydrogen-bond donors (Lipinski definition) is 0. The molecule has 0 aromatic heterocycles. The second-order valence-corrected chi connectivity index (χ2v) is 8.22. The summed E-state index contributed by atoms with van der Waals surface area (Å²) < 4.78 is 5.49. The molecule has 0 N–H and O–H groups in total. The highest BCUT2D eigenvalue weighted by Crippen LogP contribution is 2.31. The lowest BCUT2D eigenvalue weighted by molar-refractivity contribution is -0.160. The first kappa shape index (κ1) is 19.3. The number of ketones is 1. The molecule has 0 bridgehead atoms. The van der Waals surface area contributed by atoms with E-state index < -0.39 is 29.4 Å². The molecular weight excluding hydrogens is 346 g/mol. The second kappa shape index (κ2) is 7.25. The highest BCUT2D eigenvalue weighted by atomic mass is 16.6. The van der Waals surface area contributed by atoms with Crippen LogP contribution in [0.2, 0.25) is 0 Å². The molecule has 144 valence electrons. The first-order chi connectivity index (χ1) is 12.7. The van der Waals surface area contributed by atoms with Gasteiger partial charge in [0.1, 0.15) is 17.4 Å². The van der Waals surface area contributed by atoms with Crippen LogP contribution in [-0.2, 0) is 14.3 Å². The molecule has 6 heteroatoms. The van der Waals surface area contributed by atoms with Crippen LogP contribution in [0.5, 0.6) is 0 Å². The topological polar surface area (TPSA) is 80.8 Å². The van der Waals surface area contributed by atoms with E-state index in [1.807, 2.05) is 0 Å². The van der Waals surface area contributed by atoms with E-state index >= 15 is 0 Å². The quantitative estimate of drug-likeness (QED) is 0.600. The van der Waals surface area contributed by atoms with Gasteiger partial charge in [-0.1, -0.05) is 18.6 Å². The van der Waals surface area contributed by atoms with Gasteiger partial charge >= 0.3 is 5.97 Å². The number of fused-ring (bicyclic) bond motifs is 1. The van der Waals surface area contributed by atoms with Gasteiger partial charge in [-0.3, -0.25) is 19.3 Å². The minimum atomic E-state index is -1.09. The smallest absolute Gasteiger partial charge is 0.329 e. The maximum Gasteiger partial charge on any atom is 0.329 e. The Hall–Kier alpha value is -2.50. The summed E-state index contributed by atoms with van der Waals surface area (Å²) in [6.45, 7) is 5.20. The maximum atomic E-state index is 12.9. The minimum Gasteiger partial charge on any atom is -0.458 e. The molecule has 1 saturated carbocycles. The summed E-state index contributed by atoms with van der Waals surface area (Å²) in [5.74, 6) is -1.90. The van der Waals surface area contributed by atoms with Crippen molar-refractivity contribution >= 4 is 23.6 Å². The van der Waals surface area contributed by atoms with Crippen molar-refractivity contribution in [2.45, 2.75) is 64.5 Å². The van der Waals surface area contributed by atoms with Crippen LogP contribution in [0.3, 0.4) is 0 Å². The zero-order chi connectivity index (χ0) is 19.8. The van der Waals surface area contributed by atoms with Crippen LogP contribution in [0.15, 0.2) is 24.3 Å². The summed E-state index contributed by atoms with van der Waals surface area (Å²) in [5, 5.41) is 0. The van der Waals surface area contributed by atoms with Crippen molar-refractivity contribution in [3.8, 4) is 0 Å². The standard InChI is InChI=1S/C21H25NO5/c1-21(2,3)27-20(26)16(12-13-8-4-7-11-17(13)23)22-18(24)14-9-5-6-10-15(14)19(22)25/h5-6,9-10,13,16H,4,7-8,11-12H2,1-3H3/t13-,16-/m0/s1. The molecule has 6 nitrogen and oxygen atoms in total.